The van der Waals surface area contributed by atoms with Crippen LogP contribution in [-0.4, -0.2) is 19.6 Å². The van der Waals surface area contributed by atoms with Crippen LogP contribution in [0.15, 0.2) is 42.5 Å². The van der Waals surface area contributed by atoms with Crippen molar-refractivity contribution in [1.82, 2.24) is 5.32 Å². The Hall–Kier alpha value is -2.49. The fourth-order valence-electron chi connectivity index (χ4n) is 3.69. The maximum Gasteiger partial charge on any atom is 0.251 e. The van der Waals surface area contributed by atoms with Gasteiger partial charge < -0.3 is 15.4 Å². The number of ether oxygens (including phenoxy) is 1. The molecular formula is C18H18N2O2. The van der Waals surface area contributed by atoms with E-state index in [2.05, 4.69) is 22.8 Å². The molecule has 0 radical (unpaired) electrons. The number of para-hydroxylation sites is 1. The molecule has 2 aliphatic heterocycles. The Morgan fingerprint density at radius 3 is 2.86 bits per heavy atom. The zero-order valence-corrected chi connectivity index (χ0v) is 12.4. The van der Waals surface area contributed by atoms with Crippen LogP contribution in [0.3, 0.4) is 0 Å². The fourth-order valence-corrected chi connectivity index (χ4v) is 3.69. The first kappa shape index (κ1) is 13.2. The molecule has 0 fully saturated rings. The number of amides is 1. The van der Waals surface area contributed by atoms with Gasteiger partial charge in [0.15, 0.2) is 0 Å². The average Bonchev–Trinajstić information content (AvgIpc) is 2.84. The van der Waals surface area contributed by atoms with Gasteiger partial charge in [-0.25, -0.2) is 0 Å². The van der Waals surface area contributed by atoms with Crippen LogP contribution in [-0.2, 0) is 0 Å². The Morgan fingerprint density at radius 2 is 2.00 bits per heavy atom. The molecule has 2 aromatic rings. The second-order valence-electron chi connectivity index (χ2n) is 5.78. The molecule has 2 aromatic carbocycles. The van der Waals surface area contributed by atoms with E-state index in [1.54, 1.807) is 7.11 Å². The minimum absolute atomic E-state index is 0.0295. The molecule has 2 atom stereocenters. The first-order valence-electron chi connectivity index (χ1n) is 7.60. The van der Waals surface area contributed by atoms with E-state index in [1.165, 1.54) is 0 Å². The van der Waals surface area contributed by atoms with Crippen molar-refractivity contribution in [3.05, 3.63) is 59.2 Å². The molecule has 22 heavy (non-hydrogen) atoms. The van der Waals surface area contributed by atoms with Crippen LogP contribution in [0.4, 0.5) is 5.69 Å². The standard InChI is InChI=1S/C18H18N2O2/c1-22-15-8-3-2-5-11(15)17-12-9-10-19-18(21)13-6-4-7-14(20-17)16(12)13/h2-8,12,17,20H,9-10H2,1H3,(H,19,21). The molecule has 2 heterocycles. The predicted octanol–water partition coefficient (Wildman–Crippen LogP) is 3.08. The molecule has 0 saturated heterocycles. The van der Waals surface area contributed by atoms with Crippen molar-refractivity contribution >= 4 is 11.6 Å². The minimum atomic E-state index is 0.0295. The molecular weight excluding hydrogens is 276 g/mol. The number of rotatable bonds is 2. The zero-order chi connectivity index (χ0) is 15.1. The highest BCUT2D eigenvalue weighted by molar-refractivity contribution is 5.98. The van der Waals surface area contributed by atoms with Gasteiger partial charge in [0.2, 0.25) is 0 Å². The summed E-state index contributed by atoms with van der Waals surface area (Å²) in [5.74, 6) is 1.20. The Balaban J connectivity index is 1.84. The summed E-state index contributed by atoms with van der Waals surface area (Å²) < 4.78 is 5.53. The summed E-state index contributed by atoms with van der Waals surface area (Å²) in [5.41, 5.74) is 4.15. The number of carbonyl (C=O) groups is 1. The van der Waals surface area contributed by atoms with E-state index >= 15 is 0 Å². The van der Waals surface area contributed by atoms with E-state index in [9.17, 15) is 4.79 Å². The third kappa shape index (κ3) is 1.87. The normalized spacial score (nSPS) is 22.3. The highest BCUT2D eigenvalue weighted by atomic mass is 16.5. The Bertz CT molecular complexity index is 742. The van der Waals surface area contributed by atoms with Crippen molar-refractivity contribution < 1.29 is 9.53 Å². The van der Waals surface area contributed by atoms with Crippen molar-refractivity contribution in [3.63, 3.8) is 0 Å². The smallest absolute Gasteiger partial charge is 0.251 e. The average molecular weight is 294 g/mol. The lowest BCUT2D eigenvalue weighted by molar-refractivity contribution is 0.0956. The lowest BCUT2D eigenvalue weighted by atomic mass is 9.86. The van der Waals surface area contributed by atoms with Gasteiger partial charge in [0.1, 0.15) is 5.75 Å². The number of benzene rings is 2. The van der Waals surface area contributed by atoms with Crippen LogP contribution >= 0.6 is 0 Å². The third-order valence-corrected chi connectivity index (χ3v) is 4.65. The summed E-state index contributed by atoms with van der Waals surface area (Å²) in [4.78, 5) is 12.2. The molecule has 0 saturated carbocycles. The highest BCUT2D eigenvalue weighted by Crippen LogP contribution is 2.49. The molecule has 2 aliphatic rings. The van der Waals surface area contributed by atoms with Crippen molar-refractivity contribution in [2.24, 2.45) is 0 Å². The first-order valence-corrected chi connectivity index (χ1v) is 7.60. The predicted molar refractivity (Wildman–Crippen MR) is 85.5 cm³/mol. The van der Waals surface area contributed by atoms with Crippen molar-refractivity contribution in [2.75, 3.05) is 19.0 Å². The lowest BCUT2D eigenvalue weighted by Gasteiger charge is -2.22. The largest absolute Gasteiger partial charge is 0.496 e. The van der Waals surface area contributed by atoms with Crippen LogP contribution in [0.1, 0.15) is 39.9 Å². The van der Waals surface area contributed by atoms with E-state index in [4.69, 9.17) is 4.74 Å². The molecule has 2 unspecified atom stereocenters. The number of hydrogen-bond donors (Lipinski definition) is 2. The SMILES string of the molecule is COc1ccccc1C1Nc2cccc3c2C1CCNC3=O. The molecule has 112 valence electrons. The monoisotopic (exact) mass is 294 g/mol. The Kier molecular flexibility index (Phi) is 3.03. The number of nitrogens with one attached hydrogen (secondary N) is 2. The summed E-state index contributed by atoms with van der Waals surface area (Å²) >= 11 is 0. The van der Waals surface area contributed by atoms with E-state index in [1.807, 2.05) is 30.3 Å². The van der Waals surface area contributed by atoms with E-state index in [-0.39, 0.29) is 17.9 Å². The number of hydrogen-bond acceptors (Lipinski definition) is 3. The molecule has 1 amide bonds. The zero-order valence-electron chi connectivity index (χ0n) is 12.4. The molecule has 4 rings (SSSR count). The van der Waals surface area contributed by atoms with Crippen LogP contribution in [0.25, 0.3) is 0 Å². The van der Waals surface area contributed by atoms with Crippen molar-refractivity contribution in [2.45, 2.75) is 18.4 Å². The highest BCUT2D eigenvalue weighted by Gasteiger charge is 2.38. The quantitative estimate of drug-likeness (QED) is 0.895. The maximum atomic E-state index is 12.2. The number of carbonyl (C=O) groups excluding carboxylic acids is 1. The summed E-state index contributed by atoms with van der Waals surface area (Å²) in [6.45, 7) is 0.699. The van der Waals surface area contributed by atoms with Gasteiger partial charge in [-0.05, 0) is 30.2 Å². The summed E-state index contributed by atoms with van der Waals surface area (Å²) in [6.07, 6.45) is 0.922. The van der Waals surface area contributed by atoms with Gasteiger partial charge in [0.25, 0.3) is 5.91 Å². The van der Waals surface area contributed by atoms with E-state index < -0.39 is 0 Å². The van der Waals surface area contributed by atoms with E-state index in [0.717, 1.165) is 34.5 Å². The van der Waals surface area contributed by atoms with Gasteiger partial charge in [0.05, 0.1) is 13.2 Å². The summed E-state index contributed by atoms with van der Waals surface area (Å²) in [5, 5.41) is 6.59. The molecule has 4 heteroatoms. The Morgan fingerprint density at radius 1 is 1.14 bits per heavy atom. The van der Waals surface area contributed by atoms with Crippen LogP contribution in [0.2, 0.25) is 0 Å². The lowest BCUT2D eigenvalue weighted by Crippen LogP contribution is -2.23. The Labute approximate surface area is 129 Å². The van der Waals surface area contributed by atoms with Crippen LogP contribution < -0.4 is 15.4 Å². The molecule has 0 aliphatic carbocycles. The maximum absolute atomic E-state index is 12.2. The molecule has 0 bridgehead atoms. The minimum Gasteiger partial charge on any atom is -0.496 e. The van der Waals surface area contributed by atoms with Gasteiger partial charge in [-0.1, -0.05) is 24.3 Å². The molecule has 0 aromatic heterocycles. The van der Waals surface area contributed by atoms with Gasteiger partial charge in [-0.3, -0.25) is 4.79 Å². The number of methoxy groups -OCH3 is 1. The van der Waals surface area contributed by atoms with Crippen LogP contribution in [0.5, 0.6) is 5.75 Å². The van der Waals surface area contributed by atoms with Crippen molar-refractivity contribution in [3.8, 4) is 5.75 Å². The van der Waals surface area contributed by atoms with Crippen molar-refractivity contribution in [1.29, 1.82) is 0 Å². The van der Waals surface area contributed by atoms with Gasteiger partial charge in [-0.2, -0.15) is 0 Å². The third-order valence-electron chi connectivity index (χ3n) is 4.65. The number of anilines is 1. The van der Waals surface area contributed by atoms with Gasteiger partial charge in [0, 0.05) is 29.3 Å². The second-order valence-corrected chi connectivity index (χ2v) is 5.78. The second kappa shape index (κ2) is 5.05. The van der Waals surface area contributed by atoms with Crippen LogP contribution in [0, 0.1) is 0 Å². The van der Waals surface area contributed by atoms with Gasteiger partial charge in [-0.15, -0.1) is 0 Å². The topological polar surface area (TPSA) is 50.4 Å². The first-order chi connectivity index (χ1) is 10.8. The fraction of sp³-hybridized carbons (Fsp3) is 0.278. The molecule has 0 spiro atoms. The summed E-state index contributed by atoms with van der Waals surface area (Å²) in [6, 6.07) is 14.1. The van der Waals surface area contributed by atoms with Gasteiger partial charge >= 0.3 is 0 Å². The van der Waals surface area contributed by atoms with E-state index in [0.29, 0.717) is 6.54 Å². The molecule has 4 nitrogen and oxygen atoms in total. The molecule has 2 N–H and O–H groups in total. The summed E-state index contributed by atoms with van der Waals surface area (Å²) in [7, 11) is 1.70.